The molecule has 16 heavy (non-hydrogen) atoms. The van der Waals surface area contributed by atoms with Crippen LogP contribution in [0.1, 0.15) is 12.8 Å². The van der Waals surface area contributed by atoms with Crippen molar-refractivity contribution in [3.8, 4) is 0 Å². The third-order valence-electron chi connectivity index (χ3n) is 2.08. The molecule has 1 amide bonds. The van der Waals surface area contributed by atoms with Gasteiger partial charge < -0.3 is 5.32 Å². The third kappa shape index (κ3) is 2.71. The molecule has 0 fully saturated rings. The molecule has 0 radical (unpaired) electrons. The Balaban J connectivity index is 2.07. The number of thiazole rings is 1. The fourth-order valence-electron chi connectivity index (χ4n) is 1.33. The van der Waals surface area contributed by atoms with E-state index in [9.17, 15) is 4.79 Å². The van der Waals surface area contributed by atoms with Gasteiger partial charge in [-0.15, -0.1) is 11.6 Å². The lowest BCUT2D eigenvalue weighted by molar-refractivity contribution is -0.116. The number of carbonyl (C=O) groups excluding carboxylic acids is 1. The molecule has 2 rings (SSSR count). The number of aromatic nitrogens is 1. The maximum absolute atomic E-state index is 11.4. The van der Waals surface area contributed by atoms with Crippen molar-refractivity contribution in [2.45, 2.75) is 12.8 Å². The molecule has 2 aromatic rings. The molecule has 0 spiro atoms. The van der Waals surface area contributed by atoms with E-state index in [1.807, 2.05) is 24.3 Å². The van der Waals surface area contributed by atoms with E-state index in [1.54, 1.807) is 0 Å². The first-order chi connectivity index (χ1) is 7.79. The SMILES string of the molecule is O=C(CCCCl)Nc1nc2ccccc2s1. The van der Waals surface area contributed by atoms with E-state index in [2.05, 4.69) is 10.3 Å². The van der Waals surface area contributed by atoms with Crippen molar-refractivity contribution in [2.75, 3.05) is 11.2 Å². The standard InChI is InChI=1S/C11H11ClN2OS/c12-7-3-6-10(15)14-11-13-8-4-1-2-5-9(8)16-11/h1-2,4-5H,3,6-7H2,(H,13,14,15). The molecule has 0 aliphatic carbocycles. The first-order valence-electron chi connectivity index (χ1n) is 5.01. The number of alkyl halides is 1. The Bertz CT molecular complexity index is 464. The van der Waals surface area contributed by atoms with Crippen LogP contribution in [0, 0.1) is 0 Å². The average Bonchev–Trinajstić information content (AvgIpc) is 2.68. The van der Waals surface area contributed by atoms with Crippen molar-refractivity contribution < 1.29 is 4.79 Å². The lowest BCUT2D eigenvalue weighted by Crippen LogP contribution is -2.10. The second-order valence-electron chi connectivity index (χ2n) is 3.33. The number of halogens is 1. The first kappa shape index (κ1) is 11.4. The summed E-state index contributed by atoms with van der Waals surface area (Å²) in [6.45, 7) is 0. The number of fused-ring (bicyclic) bond motifs is 1. The van der Waals surface area contributed by atoms with E-state index in [4.69, 9.17) is 11.6 Å². The fraction of sp³-hybridized carbons (Fsp3) is 0.273. The zero-order valence-corrected chi connectivity index (χ0v) is 10.1. The molecule has 1 heterocycles. The van der Waals surface area contributed by atoms with Crippen LogP contribution in [-0.4, -0.2) is 16.8 Å². The van der Waals surface area contributed by atoms with Gasteiger partial charge in [0.15, 0.2) is 5.13 Å². The van der Waals surface area contributed by atoms with Crippen LogP contribution in [-0.2, 0) is 4.79 Å². The lowest BCUT2D eigenvalue weighted by Gasteiger charge is -1.98. The van der Waals surface area contributed by atoms with Gasteiger partial charge in [-0.25, -0.2) is 4.98 Å². The summed E-state index contributed by atoms with van der Waals surface area (Å²) < 4.78 is 1.08. The van der Waals surface area contributed by atoms with Crippen molar-refractivity contribution in [1.29, 1.82) is 0 Å². The van der Waals surface area contributed by atoms with Crippen molar-refractivity contribution >= 4 is 44.2 Å². The second kappa shape index (κ2) is 5.27. The predicted octanol–water partition coefficient (Wildman–Crippen LogP) is 3.25. The highest BCUT2D eigenvalue weighted by molar-refractivity contribution is 7.22. The number of hydrogen-bond donors (Lipinski definition) is 1. The van der Waals surface area contributed by atoms with Gasteiger partial charge >= 0.3 is 0 Å². The van der Waals surface area contributed by atoms with Crippen molar-refractivity contribution in [3.05, 3.63) is 24.3 Å². The Morgan fingerprint density at radius 2 is 2.25 bits per heavy atom. The first-order valence-corrected chi connectivity index (χ1v) is 6.36. The van der Waals surface area contributed by atoms with Crippen LogP contribution in [0.5, 0.6) is 0 Å². The van der Waals surface area contributed by atoms with Crippen LogP contribution in [0.2, 0.25) is 0 Å². The predicted molar refractivity (Wildman–Crippen MR) is 68.2 cm³/mol. The maximum Gasteiger partial charge on any atom is 0.226 e. The van der Waals surface area contributed by atoms with Crippen LogP contribution < -0.4 is 5.32 Å². The van der Waals surface area contributed by atoms with E-state index < -0.39 is 0 Å². The molecule has 3 nitrogen and oxygen atoms in total. The van der Waals surface area contributed by atoms with Gasteiger partial charge in [0.05, 0.1) is 10.2 Å². The van der Waals surface area contributed by atoms with Gasteiger partial charge in [0, 0.05) is 12.3 Å². The second-order valence-corrected chi connectivity index (χ2v) is 4.74. The third-order valence-corrected chi connectivity index (χ3v) is 3.30. The number of nitrogens with zero attached hydrogens (tertiary/aromatic N) is 1. The number of anilines is 1. The molecule has 1 aromatic heterocycles. The molecule has 0 bridgehead atoms. The molecule has 0 unspecified atom stereocenters. The molecule has 0 aliphatic rings. The Labute approximate surface area is 102 Å². The Morgan fingerprint density at radius 3 is 3.00 bits per heavy atom. The number of benzene rings is 1. The minimum atomic E-state index is -0.0280. The summed E-state index contributed by atoms with van der Waals surface area (Å²) in [5, 5.41) is 3.43. The van der Waals surface area contributed by atoms with E-state index >= 15 is 0 Å². The number of carbonyl (C=O) groups is 1. The summed E-state index contributed by atoms with van der Waals surface area (Å²) in [6.07, 6.45) is 1.14. The molecule has 84 valence electrons. The molecule has 1 aromatic carbocycles. The van der Waals surface area contributed by atoms with Gasteiger partial charge in [-0.2, -0.15) is 0 Å². The van der Waals surface area contributed by atoms with E-state index in [-0.39, 0.29) is 5.91 Å². The van der Waals surface area contributed by atoms with Crippen LogP contribution in [0.25, 0.3) is 10.2 Å². The zero-order chi connectivity index (χ0) is 11.4. The summed E-state index contributed by atoms with van der Waals surface area (Å²) in [5.41, 5.74) is 0.917. The zero-order valence-electron chi connectivity index (χ0n) is 8.57. The molecule has 0 saturated heterocycles. The van der Waals surface area contributed by atoms with Crippen molar-refractivity contribution in [2.24, 2.45) is 0 Å². The van der Waals surface area contributed by atoms with Crippen LogP contribution in [0.4, 0.5) is 5.13 Å². The number of hydrogen-bond acceptors (Lipinski definition) is 3. The van der Waals surface area contributed by atoms with Gasteiger partial charge in [0.1, 0.15) is 0 Å². The van der Waals surface area contributed by atoms with Crippen LogP contribution in [0.15, 0.2) is 24.3 Å². The van der Waals surface area contributed by atoms with E-state index in [0.717, 1.165) is 10.2 Å². The van der Waals surface area contributed by atoms with Crippen molar-refractivity contribution in [1.82, 2.24) is 4.98 Å². The molecular weight excluding hydrogens is 244 g/mol. The topological polar surface area (TPSA) is 42.0 Å². The minimum absolute atomic E-state index is 0.0280. The highest BCUT2D eigenvalue weighted by Crippen LogP contribution is 2.25. The van der Waals surface area contributed by atoms with Crippen LogP contribution in [0.3, 0.4) is 0 Å². The highest BCUT2D eigenvalue weighted by Gasteiger charge is 2.06. The normalized spacial score (nSPS) is 10.6. The fourth-order valence-corrected chi connectivity index (χ4v) is 2.35. The Kier molecular flexibility index (Phi) is 3.74. The van der Waals surface area contributed by atoms with E-state index in [0.29, 0.717) is 23.9 Å². The summed E-state index contributed by atoms with van der Waals surface area (Å²) in [6, 6.07) is 7.81. The number of para-hydroxylation sites is 1. The Morgan fingerprint density at radius 1 is 1.44 bits per heavy atom. The van der Waals surface area contributed by atoms with Crippen LogP contribution >= 0.6 is 22.9 Å². The van der Waals surface area contributed by atoms with Gasteiger partial charge in [-0.05, 0) is 18.6 Å². The molecular formula is C11H11ClN2OS. The molecule has 1 N–H and O–H groups in total. The summed E-state index contributed by atoms with van der Waals surface area (Å²) in [7, 11) is 0. The monoisotopic (exact) mass is 254 g/mol. The largest absolute Gasteiger partial charge is 0.302 e. The molecule has 0 aliphatic heterocycles. The quantitative estimate of drug-likeness (QED) is 0.851. The summed E-state index contributed by atoms with van der Waals surface area (Å²) in [5.74, 6) is 0.479. The smallest absolute Gasteiger partial charge is 0.226 e. The Hall–Kier alpha value is -1.13. The van der Waals surface area contributed by atoms with Gasteiger partial charge in [0.2, 0.25) is 5.91 Å². The molecule has 0 saturated carbocycles. The summed E-state index contributed by atoms with van der Waals surface area (Å²) in [4.78, 5) is 15.8. The number of nitrogens with one attached hydrogen (secondary N) is 1. The molecule has 0 atom stereocenters. The maximum atomic E-state index is 11.4. The van der Waals surface area contributed by atoms with E-state index in [1.165, 1.54) is 11.3 Å². The number of amides is 1. The summed E-state index contributed by atoms with van der Waals surface area (Å²) >= 11 is 7.00. The highest BCUT2D eigenvalue weighted by atomic mass is 35.5. The minimum Gasteiger partial charge on any atom is -0.302 e. The lowest BCUT2D eigenvalue weighted by atomic mass is 10.3. The molecule has 5 heteroatoms. The number of rotatable bonds is 4. The van der Waals surface area contributed by atoms with Gasteiger partial charge in [-0.1, -0.05) is 23.5 Å². The van der Waals surface area contributed by atoms with Gasteiger partial charge in [0.25, 0.3) is 0 Å². The van der Waals surface area contributed by atoms with Gasteiger partial charge in [-0.3, -0.25) is 4.79 Å². The van der Waals surface area contributed by atoms with Crippen molar-refractivity contribution in [3.63, 3.8) is 0 Å². The average molecular weight is 255 g/mol.